The van der Waals surface area contributed by atoms with E-state index >= 15 is 0 Å². The van der Waals surface area contributed by atoms with E-state index in [1.807, 2.05) is 6.92 Å². The van der Waals surface area contributed by atoms with E-state index in [1.54, 1.807) is 0 Å². The van der Waals surface area contributed by atoms with Crippen LogP contribution >= 0.6 is 23.2 Å². The number of benzene rings is 1. The Hall–Kier alpha value is -1.26. The second kappa shape index (κ2) is 8.26. The van der Waals surface area contributed by atoms with E-state index < -0.39 is 5.41 Å². The Morgan fingerprint density at radius 1 is 1.26 bits per heavy atom. The van der Waals surface area contributed by atoms with Gasteiger partial charge in [0.15, 0.2) is 0 Å². The van der Waals surface area contributed by atoms with Gasteiger partial charge in [0, 0.05) is 10.6 Å². The molecule has 1 aromatic rings. The minimum absolute atomic E-state index is 0.0361. The third-order valence-electron chi connectivity index (χ3n) is 7.90. The molecular formula is C25H33Cl2NO3. The number of esters is 1. The zero-order valence-electron chi connectivity index (χ0n) is 19.2. The fourth-order valence-electron chi connectivity index (χ4n) is 5.90. The summed E-state index contributed by atoms with van der Waals surface area (Å²) in [5.74, 6) is 0.686. The van der Waals surface area contributed by atoms with Crippen LogP contribution in [0.1, 0.15) is 88.8 Å². The van der Waals surface area contributed by atoms with Crippen molar-refractivity contribution in [3.63, 3.8) is 0 Å². The zero-order chi connectivity index (χ0) is 22.6. The number of carbonyl (C=O) groups is 1. The number of hydrogen-bond donors (Lipinski definition) is 0. The summed E-state index contributed by atoms with van der Waals surface area (Å²) in [6.07, 6.45) is 5.77. The van der Waals surface area contributed by atoms with Gasteiger partial charge in [-0.3, -0.25) is 4.79 Å². The summed E-state index contributed by atoms with van der Waals surface area (Å²) < 4.78 is 5.27. The first kappa shape index (κ1) is 22.9. The molecule has 0 saturated heterocycles. The molecule has 3 aliphatic rings. The molecule has 6 heteroatoms. The molecule has 0 radical (unpaired) electrons. The fourth-order valence-corrected chi connectivity index (χ4v) is 6.91. The zero-order valence-corrected chi connectivity index (χ0v) is 20.7. The molecule has 0 heterocycles. The minimum Gasteiger partial charge on any atom is -0.469 e. The number of nitrogens with zero attached hydrogens (tertiary/aromatic N) is 1. The van der Waals surface area contributed by atoms with Crippen molar-refractivity contribution in [3.8, 4) is 0 Å². The van der Waals surface area contributed by atoms with Crippen LogP contribution in [0.5, 0.6) is 0 Å². The van der Waals surface area contributed by atoms with Gasteiger partial charge in [0.05, 0.1) is 23.3 Å². The summed E-state index contributed by atoms with van der Waals surface area (Å²) >= 11 is 13.8. The highest BCUT2D eigenvalue weighted by Gasteiger charge is 2.57. The molecule has 1 aromatic carbocycles. The quantitative estimate of drug-likeness (QED) is 0.351. The highest BCUT2D eigenvalue weighted by atomic mass is 35.5. The van der Waals surface area contributed by atoms with E-state index in [2.05, 4.69) is 32.0 Å². The lowest BCUT2D eigenvalue weighted by Gasteiger charge is -2.54. The molecule has 0 spiro atoms. The van der Waals surface area contributed by atoms with Gasteiger partial charge in [-0.1, -0.05) is 55.5 Å². The summed E-state index contributed by atoms with van der Waals surface area (Å²) in [7, 11) is 1.48. The Morgan fingerprint density at radius 2 is 1.97 bits per heavy atom. The van der Waals surface area contributed by atoms with Crippen molar-refractivity contribution in [3.05, 3.63) is 32.8 Å². The Labute approximate surface area is 195 Å². The first-order valence-electron chi connectivity index (χ1n) is 11.4. The Morgan fingerprint density at radius 3 is 2.58 bits per heavy atom. The summed E-state index contributed by atoms with van der Waals surface area (Å²) in [5, 5.41) is 5.97. The number of fused-ring (bicyclic) bond motifs is 3. The monoisotopic (exact) mass is 465 g/mol. The molecule has 3 aliphatic carbocycles. The van der Waals surface area contributed by atoms with E-state index in [1.165, 1.54) is 20.0 Å². The lowest BCUT2D eigenvalue weighted by Crippen LogP contribution is -2.54. The third-order valence-corrected chi connectivity index (χ3v) is 8.60. The third kappa shape index (κ3) is 3.78. The van der Waals surface area contributed by atoms with Gasteiger partial charge in [0.1, 0.15) is 6.61 Å². The van der Waals surface area contributed by atoms with Gasteiger partial charge in [-0.25, -0.2) is 0 Å². The van der Waals surface area contributed by atoms with Crippen molar-refractivity contribution in [1.29, 1.82) is 0 Å². The van der Waals surface area contributed by atoms with Crippen LogP contribution in [0.4, 0.5) is 0 Å². The van der Waals surface area contributed by atoms with Crippen LogP contribution in [-0.4, -0.2) is 25.4 Å². The Bertz CT molecular complexity index is 924. The molecule has 170 valence electrons. The summed E-state index contributed by atoms with van der Waals surface area (Å²) in [4.78, 5) is 18.7. The van der Waals surface area contributed by atoms with Crippen molar-refractivity contribution in [2.75, 3.05) is 13.7 Å². The second-order valence-corrected chi connectivity index (χ2v) is 11.2. The maximum Gasteiger partial charge on any atom is 0.311 e. The van der Waals surface area contributed by atoms with Crippen molar-refractivity contribution in [1.82, 2.24) is 0 Å². The predicted octanol–water partition coefficient (Wildman–Crippen LogP) is 6.89. The molecule has 4 rings (SSSR count). The molecule has 0 N–H and O–H groups in total. The molecule has 0 aliphatic heterocycles. The predicted molar refractivity (Wildman–Crippen MR) is 125 cm³/mol. The molecule has 0 amide bonds. The number of rotatable bonds is 5. The van der Waals surface area contributed by atoms with E-state index in [0.717, 1.165) is 41.7 Å². The molecule has 4 nitrogen and oxygen atoms in total. The topological polar surface area (TPSA) is 47.9 Å². The van der Waals surface area contributed by atoms with E-state index in [0.29, 0.717) is 29.0 Å². The lowest BCUT2D eigenvalue weighted by atomic mass is 9.49. The first-order chi connectivity index (χ1) is 14.6. The SMILES string of the molecule is COC(=O)[C@]1(C)CCC[C@]2(C)c3cc(Cl)c(C(C)C)c(Cl)c3/C(=N/OCC3CC3)C[C@@H]12. The Kier molecular flexibility index (Phi) is 6.11. The standard InChI is InChI=1S/C25H33Cl2NO3/c1-14(2)20-17(26)11-16-21(22(20)27)18(28-31-13-15-7-8-15)12-19-24(16,3)9-6-10-25(19,4)23(29)30-5/h11,14-15,19H,6-10,12-13H2,1-5H3/b28-18+/t19-,24-,25-/m1/s1. The van der Waals surface area contributed by atoms with Crippen molar-refractivity contribution >= 4 is 34.9 Å². The minimum atomic E-state index is -0.591. The maximum atomic E-state index is 12.9. The van der Waals surface area contributed by atoms with Crippen molar-refractivity contribution in [2.45, 2.75) is 77.6 Å². The number of halogens is 2. The first-order valence-corrected chi connectivity index (χ1v) is 12.2. The fraction of sp³-hybridized carbons (Fsp3) is 0.680. The second-order valence-electron chi connectivity index (χ2n) is 10.4. The van der Waals surface area contributed by atoms with Crippen molar-refractivity contribution in [2.24, 2.45) is 22.4 Å². The normalized spacial score (nSPS) is 31.4. The molecular weight excluding hydrogens is 433 g/mol. The van der Waals surface area contributed by atoms with Gasteiger partial charge in [0.2, 0.25) is 0 Å². The molecule has 0 unspecified atom stereocenters. The van der Waals surface area contributed by atoms with Crippen LogP contribution in [0.2, 0.25) is 10.0 Å². The van der Waals surface area contributed by atoms with Crippen LogP contribution in [0.15, 0.2) is 11.2 Å². The van der Waals surface area contributed by atoms with E-state index in [-0.39, 0.29) is 23.2 Å². The number of hydrogen-bond acceptors (Lipinski definition) is 4. The van der Waals surface area contributed by atoms with Crippen molar-refractivity contribution < 1.29 is 14.4 Å². The van der Waals surface area contributed by atoms with Gasteiger partial charge in [-0.2, -0.15) is 0 Å². The lowest BCUT2D eigenvalue weighted by molar-refractivity contribution is -0.160. The maximum absolute atomic E-state index is 12.9. The van der Waals surface area contributed by atoms with Crippen LogP contribution in [0.25, 0.3) is 0 Å². The molecule has 3 atom stereocenters. The largest absolute Gasteiger partial charge is 0.469 e. The number of methoxy groups -OCH3 is 1. The molecule has 2 saturated carbocycles. The van der Waals surface area contributed by atoms with Gasteiger partial charge >= 0.3 is 5.97 Å². The van der Waals surface area contributed by atoms with Gasteiger partial charge in [-0.05, 0) is 79.4 Å². The number of ether oxygens (including phenoxy) is 1. The van der Waals surface area contributed by atoms with Gasteiger partial charge in [-0.15, -0.1) is 0 Å². The number of oxime groups is 1. The van der Waals surface area contributed by atoms with Gasteiger partial charge in [0.25, 0.3) is 0 Å². The smallest absolute Gasteiger partial charge is 0.311 e. The van der Waals surface area contributed by atoms with Crippen LogP contribution in [0.3, 0.4) is 0 Å². The summed E-state index contributed by atoms with van der Waals surface area (Å²) in [6, 6.07) is 2.07. The average Bonchev–Trinajstić information content (AvgIpc) is 3.52. The van der Waals surface area contributed by atoms with Crippen LogP contribution in [-0.2, 0) is 19.8 Å². The van der Waals surface area contributed by atoms with E-state index in [9.17, 15) is 4.79 Å². The Balaban J connectivity index is 1.89. The number of carbonyl (C=O) groups excluding carboxylic acids is 1. The highest BCUT2D eigenvalue weighted by Crippen LogP contribution is 2.59. The van der Waals surface area contributed by atoms with Crippen LogP contribution in [0, 0.1) is 17.3 Å². The van der Waals surface area contributed by atoms with Crippen LogP contribution < -0.4 is 0 Å². The summed E-state index contributed by atoms with van der Waals surface area (Å²) in [5.41, 5.74) is 3.00. The molecule has 0 aromatic heterocycles. The van der Waals surface area contributed by atoms with Gasteiger partial charge < -0.3 is 9.57 Å². The molecule has 2 fully saturated rings. The molecule has 0 bridgehead atoms. The molecule has 31 heavy (non-hydrogen) atoms. The average molecular weight is 466 g/mol. The van der Waals surface area contributed by atoms with E-state index in [4.69, 9.17) is 32.8 Å². The summed E-state index contributed by atoms with van der Waals surface area (Å²) in [6.45, 7) is 9.13. The highest BCUT2D eigenvalue weighted by molar-refractivity contribution is 6.39.